The standard InChI is InChI=1S/C18H22N4O3/c1-12(2)18-19-9-14-11-21(7-6-16(14)20-18)10-13-8-15(22(23)24)4-5-17(13)25-3/h4-5,8-9,12H,6-7,10-11H2,1-3H3. The van der Waals surface area contributed by atoms with Crippen molar-refractivity contribution in [2.45, 2.75) is 39.3 Å². The third-order valence-corrected chi connectivity index (χ3v) is 4.42. The monoisotopic (exact) mass is 342 g/mol. The number of hydrogen-bond acceptors (Lipinski definition) is 6. The van der Waals surface area contributed by atoms with E-state index < -0.39 is 0 Å². The van der Waals surface area contributed by atoms with Crippen LogP contribution >= 0.6 is 0 Å². The number of nitrogens with zero attached hydrogens (tertiary/aromatic N) is 4. The van der Waals surface area contributed by atoms with Gasteiger partial charge in [-0.1, -0.05) is 13.8 Å². The van der Waals surface area contributed by atoms with Gasteiger partial charge in [-0.25, -0.2) is 9.97 Å². The summed E-state index contributed by atoms with van der Waals surface area (Å²) in [6, 6.07) is 4.71. The van der Waals surface area contributed by atoms with Crippen LogP contribution in [0.3, 0.4) is 0 Å². The Kier molecular flexibility index (Phi) is 4.94. The van der Waals surface area contributed by atoms with E-state index in [1.807, 2.05) is 6.20 Å². The van der Waals surface area contributed by atoms with Crippen LogP contribution in [0, 0.1) is 10.1 Å². The Hall–Kier alpha value is -2.54. The highest BCUT2D eigenvalue weighted by molar-refractivity contribution is 5.43. The number of benzene rings is 1. The van der Waals surface area contributed by atoms with Gasteiger partial charge in [0.25, 0.3) is 5.69 Å². The average Bonchev–Trinajstić information content (AvgIpc) is 2.61. The summed E-state index contributed by atoms with van der Waals surface area (Å²) in [4.78, 5) is 22.0. The van der Waals surface area contributed by atoms with Crippen molar-refractivity contribution in [3.63, 3.8) is 0 Å². The van der Waals surface area contributed by atoms with Crippen LogP contribution < -0.4 is 4.74 Å². The van der Waals surface area contributed by atoms with Crippen LogP contribution in [0.1, 0.15) is 42.4 Å². The van der Waals surface area contributed by atoms with Crippen LogP contribution in [-0.2, 0) is 19.5 Å². The predicted octanol–water partition coefficient (Wildman–Crippen LogP) is 3.08. The second kappa shape index (κ2) is 7.14. The molecule has 0 bridgehead atoms. The molecule has 0 radical (unpaired) electrons. The molecule has 0 saturated carbocycles. The molecule has 7 heteroatoms. The Morgan fingerprint density at radius 3 is 2.88 bits per heavy atom. The number of rotatable bonds is 5. The van der Waals surface area contributed by atoms with Gasteiger partial charge in [-0.3, -0.25) is 15.0 Å². The van der Waals surface area contributed by atoms with Gasteiger partial charge < -0.3 is 4.74 Å². The van der Waals surface area contributed by atoms with Crippen molar-refractivity contribution in [2.75, 3.05) is 13.7 Å². The van der Waals surface area contributed by atoms with Crippen molar-refractivity contribution >= 4 is 5.69 Å². The molecule has 3 rings (SSSR count). The maximum Gasteiger partial charge on any atom is 0.270 e. The third kappa shape index (κ3) is 3.76. The molecule has 0 spiro atoms. The lowest BCUT2D eigenvalue weighted by atomic mass is 10.0. The average molecular weight is 342 g/mol. The van der Waals surface area contributed by atoms with E-state index in [1.165, 1.54) is 6.07 Å². The molecular formula is C18H22N4O3. The van der Waals surface area contributed by atoms with Gasteiger partial charge in [0.05, 0.1) is 12.0 Å². The SMILES string of the molecule is COc1ccc([N+](=O)[O-])cc1CN1CCc2nc(C(C)C)ncc2C1. The van der Waals surface area contributed by atoms with E-state index >= 15 is 0 Å². The first kappa shape index (κ1) is 17.3. The number of methoxy groups -OCH3 is 1. The van der Waals surface area contributed by atoms with Crippen molar-refractivity contribution in [3.8, 4) is 5.75 Å². The maximum absolute atomic E-state index is 11.0. The first-order valence-corrected chi connectivity index (χ1v) is 8.36. The molecule has 1 aromatic heterocycles. The summed E-state index contributed by atoms with van der Waals surface area (Å²) < 4.78 is 5.36. The molecule has 0 saturated heterocycles. The maximum atomic E-state index is 11.0. The van der Waals surface area contributed by atoms with Crippen LogP contribution in [-0.4, -0.2) is 33.4 Å². The summed E-state index contributed by atoms with van der Waals surface area (Å²) in [5.41, 5.74) is 3.14. The topological polar surface area (TPSA) is 81.4 Å². The second-order valence-electron chi connectivity index (χ2n) is 6.57. The number of ether oxygens (including phenoxy) is 1. The predicted molar refractivity (Wildman–Crippen MR) is 93.6 cm³/mol. The number of nitro groups is 1. The molecule has 2 aromatic rings. The lowest BCUT2D eigenvalue weighted by Crippen LogP contribution is -2.31. The van der Waals surface area contributed by atoms with Crippen LogP contribution in [0.4, 0.5) is 5.69 Å². The van der Waals surface area contributed by atoms with Crippen molar-refractivity contribution in [2.24, 2.45) is 0 Å². The molecule has 0 aliphatic carbocycles. The van der Waals surface area contributed by atoms with Crippen molar-refractivity contribution < 1.29 is 9.66 Å². The Morgan fingerprint density at radius 2 is 2.20 bits per heavy atom. The largest absolute Gasteiger partial charge is 0.496 e. The zero-order valence-corrected chi connectivity index (χ0v) is 14.7. The highest BCUT2D eigenvalue weighted by Gasteiger charge is 2.21. The zero-order valence-electron chi connectivity index (χ0n) is 14.7. The van der Waals surface area contributed by atoms with E-state index in [4.69, 9.17) is 4.74 Å². The summed E-state index contributed by atoms with van der Waals surface area (Å²) >= 11 is 0. The van der Waals surface area contributed by atoms with E-state index in [0.29, 0.717) is 18.2 Å². The van der Waals surface area contributed by atoms with Gasteiger partial charge in [0.15, 0.2) is 0 Å². The first-order chi connectivity index (χ1) is 12.0. The van der Waals surface area contributed by atoms with Gasteiger partial charge in [0.2, 0.25) is 0 Å². The highest BCUT2D eigenvalue weighted by Crippen LogP contribution is 2.27. The molecule has 1 aliphatic heterocycles. The molecule has 1 aromatic carbocycles. The number of fused-ring (bicyclic) bond motifs is 1. The smallest absolute Gasteiger partial charge is 0.270 e. The number of aromatic nitrogens is 2. The van der Waals surface area contributed by atoms with Gasteiger partial charge in [-0.05, 0) is 6.07 Å². The molecule has 0 atom stereocenters. The van der Waals surface area contributed by atoms with Gasteiger partial charge in [-0.15, -0.1) is 0 Å². The summed E-state index contributed by atoms with van der Waals surface area (Å²) in [6.07, 6.45) is 2.77. The second-order valence-corrected chi connectivity index (χ2v) is 6.57. The fraction of sp³-hybridized carbons (Fsp3) is 0.444. The molecule has 0 amide bonds. The Balaban J connectivity index is 1.79. The van der Waals surface area contributed by atoms with Gasteiger partial charge >= 0.3 is 0 Å². The fourth-order valence-electron chi connectivity index (χ4n) is 3.05. The molecule has 7 nitrogen and oxygen atoms in total. The van der Waals surface area contributed by atoms with Crippen LogP contribution in [0.15, 0.2) is 24.4 Å². The lowest BCUT2D eigenvalue weighted by molar-refractivity contribution is -0.385. The molecule has 132 valence electrons. The van der Waals surface area contributed by atoms with E-state index in [9.17, 15) is 10.1 Å². The normalized spacial score (nSPS) is 14.4. The number of nitro benzene ring substituents is 1. The van der Waals surface area contributed by atoms with Crippen molar-refractivity contribution in [1.82, 2.24) is 14.9 Å². The zero-order chi connectivity index (χ0) is 18.0. The molecule has 25 heavy (non-hydrogen) atoms. The quantitative estimate of drug-likeness (QED) is 0.613. The molecular weight excluding hydrogens is 320 g/mol. The highest BCUT2D eigenvalue weighted by atomic mass is 16.6. The summed E-state index contributed by atoms with van der Waals surface area (Å²) in [6.45, 7) is 6.36. The van der Waals surface area contributed by atoms with E-state index in [2.05, 4.69) is 28.7 Å². The third-order valence-electron chi connectivity index (χ3n) is 4.42. The Morgan fingerprint density at radius 1 is 1.40 bits per heavy atom. The summed E-state index contributed by atoms with van der Waals surface area (Å²) in [7, 11) is 1.58. The van der Waals surface area contributed by atoms with Crippen molar-refractivity contribution in [1.29, 1.82) is 0 Å². The molecule has 0 fully saturated rings. The van der Waals surface area contributed by atoms with Crippen LogP contribution in [0.2, 0.25) is 0 Å². The Labute approximate surface area is 146 Å². The van der Waals surface area contributed by atoms with E-state index in [-0.39, 0.29) is 10.6 Å². The minimum atomic E-state index is -0.379. The fourth-order valence-corrected chi connectivity index (χ4v) is 3.05. The minimum Gasteiger partial charge on any atom is -0.496 e. The number of hydrogen-bond donors (Lipinski definition) is 0. The Bertz CT molecular complexity index is 792. The van der Waals surface area contributed by atoms with Crippen molar-refractivity contribution in [3.05, 3.63) is 57.2 Å². The van der Waals surface area contributed by atoms with E-state index in [1.54, 1.807) is 19.2 Å². The molecule has 0 unspecified atom stereocenters. The molecule has 0 N–H and O–H groups in total. The van der Waals surface area contributed by atoms with E-state index in [0.717, 1.165) is 42.2 Å². The summed E-state index contributed by atoms with van der Waals surface area (Å²) in [5.74, 6) is 1.87. The number of non-ortho nitro benzene ring substituents is 1. The van der Waals surface area contributed by atoms with Gasteiger partial charge in [0, 0.05) is 67.1 Å². The van der Waals surface area contributed by atoms with Crippen LogP contribution in [0.25, 0.3) is 0 Å². The summed E-state index contributed by atoms with van der Waals surface area (Å²) in [5, 5.41) is 11.0. The molecule has 2 heterocycles. The first-order valence-electron chi connectivity index (χ1n) is 8.36. The van der Waals surface area contributed by atoms with Gasteiger partial charge in [0.1, 0.15) is 11.6 Å². The van der Waals surface area contributed by atoms with Crippen LogP contribution in [0.5, 0.6) is 5.75 Å². The molecule has 1 aliphatic rings. The lowest BCUT2D eigenvalue weighted by Gasteiger charge is -2.28. The minimum absolute atomic E-state index is 0.0816. The van der Waals surface area contributed by atoms with Gasteiger partial charge in [-0.2, -0.15) is 0 Å².